The minimum Gasteiger partial charge on any atom is -0.292 e. The van der Waals surface area contributed by atoms with Crippen molar-refractivity contribution in [2.45, 2.75) is 25.8 Å². The van der Waals surface area contributed by atoms with E-state index in [2.05, 4.69) is 12.2 Å². The molecule has 7 heteroatoms. The van der Waals surface area contributed by atoms with Crippen molar-refractivity contribution in [1.29, 1.82) is 0 Å². The van der Waals surface area contributed by atoms with Crippen LogP contribution in [0.15, 0.2) is 66.7 Å². The van der Waals surface area contributed by atoms with Crippen molar-refractivity contribution in [3.05, 3.63) is 82.9 Å². The van der Waals surface area contributed by atoms with Gasteiger partial charge in [-0.15, -0.1) is 0 Å². The lowest BCUT2D eigenvalue weighted by Crippen LogP contribution is -2.57. The molecule has 35 heavy (non-hydrogen) atoms. The number of hydrazine groups is 1. The molecule has 7 rings (SSSR count). The van der Waals surface area contributed by atoms with Gasteiger partial charge >= 0.3 is 0 Å². The zero-order chi connectivity index (χ0) is 24.4. The first kappa shape index (κ1) is 22.2. The van der Waals surface area contributed by atoms with Crippen LogP contribution in [0.1, 0.15) is 40.5 Å². The molecule has 1 saturated heterocycles. The van der Waals surface area contributed by atoms with Gasteiger partial charge in [-0.3, -0.25) is 19.2 Å². The predicted molar refractivity (Wildman–Crippen MR) is 129 cm³/mol. The molecule has 5 aliphatic rings. The molecule has 0 radical (unpaired) electrons. The number of nitrogens with zero attached hydrogens (tertiary/aromatic N) is 2. The van der Waals surface area contributed by atoms with Crippen LogP contribution in [0.3, 0.4) is 0 Å². The van der Waals surface area contributed by atoms with Gasteiger partial charge in [-0.25, -0.2) is 5.01 Å². The number of carbonyl (C=O) groups excluding carboxylic acids is 4. The number of carbonyl (C=O) groups is 4. The van der Waals surface area contributed by atoms with Gasteiger partial charge in [-0.2, -0.15) is 5.01 Å². The molecule has 2 saturated carbocycles. The van der Waals surface area contributed by atoms with Crippen molar-refractivity contribution in [1.82, 2.24) is 10.0 Å². The Kier molecular flexibility index (Phi) is 5.18. The number of amides is 3. The van der Waals surface area contributed by atoms with Gasteiger partial charge in [0.05, 0.1) is 11.8 Å². The largest absolute Gasteiger partial charge is 0.292 e. The lowest BCUT2D eigenvalue weighted by atomic mass is 9.63. The second-order valence-corrected chi connectivity index (χ2v) is 10.4. The molecule has 178 valence electrons. The summed E-state index contributed by atoms with van der Waals surface area (Å²) in [5.41, 5.74) is 0.681. The third-order valence-corrected chi connectivity index (χ3v) is 8.45. The van der Waals surface area contributed by atoms with Crippen LogP contribution in [-0.4, -0.2) is 39.6 Å². The molecule has 6 nitrogen and oxygen atoms in total. The third kappa shape index (κ3) is 3.30. The van der Waals surface area contributed by atoms with Gasteiger partial charge < -0.3 is 0 Å². The fourth-order valence-electron chi connectivity index (χ4n) is 6.51. The summed E-state index contributed by atoms with van der Waals surface area (Å²) >= 11 is 6.02. The molecular weight excluding hydrogens is 464 g/mol. The Morgan fingerprint density at radius 3 is 2.03 bits per heavy atom. The summed E-state index contributed by atoms with van der Waals surface area (Å²) in [7, 11) is 0. The van der Waals surface area contributed by atoms with Crippen LogP contribution < -0.4 is 0 Å². The van der Waals surface area contributed by atoms with Gasteiger partial charge in [0.2, 0.25) is 0 Å². The molecule has 1 heterocycles. The Bertz CT molecular complexity index is 1220. The van der Waals surface area contributed by atoms with Gasteiger partial charge in [0.15, 0.2) is 5.78 Å². The van der Waals surface area contributed by atoms with Gasteiger partial charge in [0, 0.05) is 16.1 Å². The van der Waals surface area contributed by atoms with Crippen molar-refractivity contribution in [3.8, 4) is 0 Å². The number of rotatable bonds is 6. The van der Waals surface area contributed by atoms with Crippen molar-refractivity contribution in [3.63, 3.8) is 0 Å². The average Bonchev–Trinajstić information content (AvgIpc) is 3.67. The van der Waals surface area contributed by atoms with Crippen LogP contribution >= 0.6 is 11.6 Å². The normalized spacial score (nSPS) is 30.6. The Balaban J connectivity index is 1.43. The summed E-state index contributed by atoms with van der Waals surface area (Å²) < 4.78 is 0. The second kappa shape index (κ2) is 8.16. The molecular formula is C28H25ClN2O4. The molecule has 0 spiro atoms. The van der Waals surface area contributed by atoms with Crippen LogP contribution in [0.4, 0.5) is 0 Å². The summed E-state index contributed by atoms with van der Waals surface area (Å²) in [6, 6.07) is 13.9. The molecule has 1 aliphatic heterocycles. The number of hydrogen-bond donors (Lipinski definition) is 0. The van der Waals surface area contributed by atoms with E-state index in [0.717, 1.165) is 16.4 Å². The highest BCUT2D eigenvalue weighted by Gasteiger charge is 2.68. The Morgan fingerprint density at radius 2 is 1.49 bits per heavy atom. The van der Waals surface area contributed by atoms with Crippen molar-refractivity contribution >= 4 is 35.1 Å². The van der Waals surface area contributed by atoms with Gasteiger partial charge in [-0.1, -0.05) is 61.0 Å². The van der Waals surface area contributed by atoms with E-state index in [0.29, 0.717) is 22.4 Å². The number of halogens is 1. The average molecular weight is 489 g/mol. The van der Waals surface area contributed by atoms with Gasteiger partial charge in [-0.05, 0) is 60.8 Å². The smallest absolute Gasteiger partial charge is 0.273 e. The van der Waals surface area contributed by atoms with Crippen LogP contribution in [0.2, 0.25) is 5.02 Å². The molecule has 0 unspecified atom stereocenters. The first-order chi connectivity index (χ1) is 16.9. The van der Waals surface area contributed by atoms with Crippen LogP contribution in [0, 0.1) is 35.5 Å². The zero-order valence-electron chi connectivity index (χ0n) is 19.2. The fourth-order valence-corrected chi connectivity index (χ4v) is 6.64. The van der Waals surface area contributed by atoms with E-state index in [9.17, 15) is 19.2 Å². The SMILES string of the molecule is CC[C@H](C(=O)c1ccccc1)N(C(=O)c1ccc(Cl)cc1)N1C(=O)[C@@H]2[C@H]3C=C[C@@H]([C@@H]4C[C@H]34)[C@H]2C1=O. The number of benzene rings is 2. The van der Waals surface area contributed by atoms with E-state index < -0.39 is 23.8 Å². The first-order valence-corrected chi connectivity index (χ1v) is 12.5. The van der Waals surface area contributed by atoms with Crippen molar-refractivity contribution in [2.24, 2.45) is 35.5 Å². The maximum Gasteiger partial charge on any atom is 0.273 e. The third-order valence-electron chi connectivity index (χ3n) is 8.20. The number of ketones is 1. The van der Waals surface area contributed by atoms with Crippen LogP contribution in [0.25, 0.3) is 0 Å². The molecule has 3 amide bonds. The number of imide groups is 1. The van der Waals surface area contributed by atoms with Gasteiger partial charge in [0.25, 0.3) is 17.7 Å². The molecule has 4 aliphatic carbocycles. The minimum absolute atomic E-state index is 0.0221. The number of Topliss-reactive ketones (excluding diaryl/α,β-unsaturated/α-hetero) is 1. The summed E-state index contributed by atoms with van der Waals surface area (Å²) in [5, 5.41) is 2.60. The molecule has 2 bridgehead atoms. The molecule has 0 aromatic heterocycles. The Hall–Kier alpha value is -3.25. The molecule has 2 aromatic carbocycles. The topological polar surface area (TPSA) is 74.8 Å². The maximum absolute atomic E-state index is 13.9. The van der Waals surface area contributed by atoms with Crippen LogP contribution in [0.5, 0.6) is 0 Å². The number of allylic oxidation sites excluding steroid dienone is 2. The minimum atomic E-state index is -1.01. The van der Waals surface area contributed by atoms with Crippen LogP contribution in [-0.2, 0) is 9.59 Å². The molecule has 0 N–H and O–H groups in total. The van der Waals surface area contributed by atoms with E-state index in [1.165, 1.54) is 0 Å². The summed E-state index contributed by atoms with van der Waals surface area (Å²) in [6.45, 7) is 1.78. The van der Waals surface area contributed by atoms with Crippen molar-refractivity contribution < 1.29 is 19.2 Å². The Morgan fingerprint density at radius 1 is 0.914 bits per heavy atom. The summed E-state index contributed by atoms with van der Waals surface area (Å²) in [4.78, 5) is 55.2. The lowest BCUT2D eigenvalue weighted by molar-refractivity contribution is -0.157. The zero-order valence-corrected chi connectivity index (χ0v) is 20.0. The maximum atomic E-state index is 13.9. The Labute approximate surface area is 208 Å². The number of hydrogen-bond acceptors (Lipinski definition) is 4. The van der Waals surface area contributed by atoms with Gasteiger partial charge in [0.1, 0.15) is 6.04 Å². The molecule has 7 atom stereocenters. The summed E-state index contributed by atoms with van der Waals surface area (Å²) in [6.07, 6.45) is 5.47. The standard InChI is InChI=1S/C28H25ClN2O4/c1-2-22(25(32)15-6-4-3-5-7-15)30(26(33)16-8-10-17(29)11-9-16)31-27(34)23-18-12-13-19(21-14-20(18)21)24(23)28(31)35/h3-13,18-24H,2,14H2,1H3/t18-,19-,20-,21+,22+,23+,24+/m0/s1. The first-order valence-electron chi connectivity index (χ1n) is 12.2. The molecule has 3 fully saturated rings. The highest BCUT2D eigenvalue weighted by Crippen LogP contribution is 2.65. The van der Waals surface area contributed by atoms with E-state index in [-0.39, 0.29) is 41.4 Å². The quantitative estimate of drug-likeness (QED) is 0.343. The van der Waals surface area contributed by atoms with E-state index in [1.54, 1.807) is 61.5 Å². The predicted octanol–water partition coefficient (Wildman–Crippen LogP) is 4.41. The second-order valence-electron chi connectivity index (χ2n) is 9.95. The summed E-state index contributed by atoms with van der Waals surface area (Å²) in [5.74, 6) is -1.62. The van der Waals surface area contributed by atoms with Crippen molar-refractivity contribution in [2.75, 3.05) is 0 Å². The van der Waals surface area contributed by atoms with E-state index >= 15 is 0 Å². The van der Waals surface area contributed by atoms with E-state index in [4.69, 9.17) is 11.6 Å². The fraction of sp³-hybridized carbons (Fsp3) is 0.357. The highest BCUT2D eigenvalue weighted by atomic mass is 35.5. The molecule has 2 aromatic rings. The highest BCUT2D eigenvalue weighted by molar-refractivity contribution is 6.30. The van der Waals surface area contributed by atoms with E-state index in [1.807, 2.05) is 0 Å². The monoisotopic (exact) mass is 488 g/mol. The lowest BCUT2D eigenvalue weighted by Gasteiger charge is -2.37.